The van der Waals surface area contributed by atoms with Gasteiger partial charge in [0.15, 0.2) is 5.16 Å². The van der Waals surface area contributed by atoms with Crippen molar-refractivity contribution < 1.29 is 9.26 Å². The Morgan fingerprint density at radius 2 is 1.88 bits per heavy atom. The Morgan fingerprint density at radius 3 is 2.72 bits per heavy atom. The molecule has 32 heavy (non-hydrogen) atoms. The number of benzene rings is 2. The third-order valence-electron chi connectivity index (χ3n) is 5.69. The maximum Gasteiger partial charge on any atom is 0.262 e. The first-order valence-electron chi connectivity index (χ1n) is 10.9. The summed E-state index contributed by atoms with van der Waals surface area (Å²) in [5, 5.41) is 5.51. The average molecular weight is 449 g/mol. The molecule has 0 N–H and O–H groups in total. The molecular weight excluding hydrogens is 424 g/mol. The van der Waals surface area contributed by atoms with Crippen molar-refractivity contribution in [3.63, 3.8) is 0 Å². The summed E-state index contributed by atoms with van der Waals surface area (Å²) in [5.41, 5.74) is 1.54. The van der Waals surface area contributed by atoms with Gasteiger partial charge in [0.2, 0.25) is 11.7 Å². The summed E-state index contributed by atoms with van der Waals surface area (Å²) in [6.07, 6.45) is 4.29. The van der Waals surface area contributed by atoms with Gasteiger partial charge >= 0.3 is 0 Å². The minimum Gasteiger partial charge on any atom is -0.493 e. The molecule has 0 bridgehead atoms. The number of thioether (sulfide) groups is 1. The second kappa shape index (κ2) is 9.16. The van der Waals surface area contributed by atoms with Crippen LogP contribution in [0.15, 0.2) is 63.0 Å². The lowest BCUT2D eigenvalue weighted by Crippen LogP contribution is -2.26. The van der Waals surface area contributed by atoms with Gasteiger partial charge in [-0.15, -0.1) is 0 Å². The SMILES string of the molecule is CCOc1ccccc1-c1noc(CSc2nc3ccccc3c(=O)n2C2CCCC2)n1. The van der Waals surface area contributed by atoms with E-state index in [0.29, 0.717) is 40.1 Å². The van der Waals surface area contributed by atoms with Crippen molar-refractivity contribution in [1.29, 1.82) is 0 Å². The fraction of sp³-hybridized carbons (Fsp3) is 0.333. The zero-order chi connectivity index (χ0) is 21.9. The van der Waals surface area contributed by atoms with Crippen LogP contribution in [-0.2, 0) is 5.75 Å². The summed E-state index contributed by atoms with van der Waals surface area (Å²) in [4.78, 5) is 22.7. The molecule has 1 aliphatic rings. The smallest absolute Gasteiger partial charge is 0.262 e. The lowest BCUT2D eigenvalue weighted by atomic mass is 10.2. The van der Waals surface area contributed by atoms with E-state index < -0.39 is 0 Å². The van der Waals surface area contributed by atoms with Crippen LogP contribution in [-0.4, -0.2) is 26.3 Å². The Balaban J connectivity index is 1.44. The van der Waals surface area contributed by atoms with E-state index in [1.54, 1.807) is 0 Å². The Hall–Kier alpha value is -3.13. The second-order valence-electron chi connectivity index (χ2n) is 7.75. The van der Waals surface area contributed by atoms with Crippen molar-refractivity contribution >= 4 is 22.7 Å². The molecule has 0 radical (unpaired) electrons. The van der Waals surface area contributed by atoms with Crippen LogP contribution in [0.1, 0.15) is 44.5 Å². The van der Waals surface area contributed by atoms with E-state index in [4.69, 9.17) is 14.2 Å². The van der Waals surface area contributed by atoms with Gasteiger partial charge in [-0.05, 0) is 44.0 Å². The Kier molecular flexibility index (Phi) is 5.94. The molecule has 0 atom stereocenters. The zero-order valence-corrected chi connectivity index (χ0v) is 18.7. The molecule has 4 aromatic rings. The number of fused-ring (bicyclic) bond motifs is 1. The number of aromatic nitrogens is 4. The molecule has 5 rings (SSSR count). The second-order valence-corrected chi connectivity index (χ2v) is 8.70. The number of rotatable bonds is 7. The molecule has 8 heteroatoms. The molecule has 0 spiro atoms. The lowest BCUT2D eigenvalue weighted by molar-refractivity contribution is 0.341. The van der Waals surface area contributed by atoms with Crippen molar-refractivity contribution in [2.45, 2.75) is 49.6 Å². The van der Waals surface area contributed by atoms with Gasteiger partial charge in [0.05, 0.1) is 28.8 Å². The molecule has 1 saturated carbocycles. The summed E-state index contributed by atoms with van der Waals surface area (Å²) >= 11 is 1.46. The van der Waals surface area contributed by atoms with E-state index in [9.17, 15) is 4.79 Å². The number of ether oxygens (including phenoxy) is 1. The fourth-order valence-corrected chi connectivity index (χ4v) is 5.10. The van der Waals surface area contributed by atoms with E-state index in [0.717, 1.165) is 37.0 Å². The highest BCUT2D eigenvalue weighted by Gasteiger charge is 2.23. The number of para-hydroxylation sites is 2. The molecule has 164 valence electrons. The van der Waals surface area contributed by atoms with Crippen LogP contribution < -0.4 is 10.3 Å². The highest BCUT2D eigenvalue weighted by Crippen LogP contribution is 2.33. The summed E-state index contributed by atoms with van der Waals surface area (Å²) in [6, 6.07) is 15.4. The van der Waals surface area contributed by atoms with Gasteiger partial charge in [-0.2, -0.15) is 4.98 Å². The normalized spacial score (nSPS) is 14.3. The van der Waals surface area contributed by atoms with Gasteiger partial charge in [0.1, 0.15) is 5.75 Å². The van der Waals surface area contributed by atoms with Crippen LogP contribution in [0.2, 0.25) is 0 Å². The van der Waals surface area contributed by atoms with Crippen LogP contribution >= 0.6 is 11.8 Å². The first kappa shape index (κ1) is 20.8. The minimum absolute atomic E-state index is 0.0295. The average Bonchev–Trinajstić information content (AvgIpc) is 3.51. The number of hydrogen-bond donors (Lipinski definition) is 0. The van der Waals surface area contributed by atoms with Gasteiger partial charge in [-0.3, -0.25) is 9.36 Å². The maximum atomic E-state index is 13.3. The van der Waals surface area contributed by atoms with Crippen LogP contribution in [0.5, 0.6) is 5.75 Å². The predicted molar refractivity (Wildman–Crippen MR) is 124 cm³/mol. The Bertz CT molecular complexity index is 1290. The third-order valence-corrected chi connectivity index (χ3v) is 6.62. The van der Waals surface area contributed by atoms with E-state index in [2.05, 4.69) is 10.1 Å². The molecule has 2 heterocycles. The van der Waals surface area contributed by atoms with Crippen molar-refractivity contribution in [2.24, 2.45) is 0 Å². The van der Waals surface area contributed by atoms with Gasteiger partial charge in [0.25, 0.3) is 5.56 Å². The molecule has 1 fully saturated rings. The molecule has 0 aliphatic heterocycles. The van der Waals surface area contributed by atoms with Crippen LogP contribution in [0, 0.1) is 0 Å². The fourth-order valence-electron chi connectivity index (χ4n) is 4.19. The van der Waals surface area contributed by atoms with E-state index in [-0.39, 0.29) is 11.6 Å². The number of nitrogens with zero attached hydrogens (tertiary/aromatic N) is 4. The highest BCUT2D eigenvalue weighted by atomic mass is 32.2. The van der Waals surface area contributed by atoms with Gasteiger partial charge in [-0.1, -0.05) is 54.0 Å². The van der Waals surface area contributed by atoms with Gasteiger partial charge < -0.3 is 9.26 Å². The van der Waals surface area contributed by atoms with E-state index in [1.165, 1.54) is 11.8 Å². The van der Waals surface area contributed by atoms with Gasteiger partial charge in [0, 0.05) is 6.04 Å². The minimum atomic E-state index is 0.0295. The lowest BCUT2D eigenvalue weighted by Gasteiger charge is -2.18. The van der Waals surface area contributed by atoms with E-state index in [1.807, 2.05) is 60.0 Å². The standard InChI is InChI=1S/C24H24N4O3S/c1-2-30-20-14-8-6-12-18(20)22-26-21(31-27-22)15-32-24-25-19-13-7-5-11-17(19)23(29)28(24)16-9-3-4-10-16/h5-8,11-14,16H,2-4,9-10,15H2,1H3. The molecular formula is C24H24N4O3S. The molecule has 0 saturated heterocycles. The molecule has 2 aromatic carbocycles. The van der Waals surface area contributed by atoms with E-state index >= 15 is 0 Å². The van der Waals surface area contributed by atoms with Gasteiger partial charge in [-0.25, -0.2) is 4.98 Å². The van der Waals surface area contributed by atoms with Crippen LogP contribution in [0.25, 0.3) is 22.3 Å². The topological polar surface area (TPSA) is 83.0 Å². The van der Waals surface area contributed by atoms with Crippen molar-refractivity contribution in [2.75, 3.05) is 6.61 Å². The Labute approximate surface area is 189 Å². The summed E-state index contributed by atoms with van der Waals surface area (Å²) in [6.45, 7) is 2.50. The monoisotopic (exact) mass is 448 g/mol. The summed E-state index contributed by atoms with van der Waals surface area (Å²) in [5.74, 6) is 2.13. The quantitative estimate of drug-likeness (QED) is 0.282. The predicted octanol–water partition coefficient (Wildman–Crippen LogP) is 5.25. The molecule has 7 nitrogen and oxygen atoms in total. The zero-order valence-electron chi connectivity index (χ0n) is 17.9. The van der Waals surface area contributed by atoms with Crippen molar-refractivity contribution in [3.05, 3.63) is 64.8 Å². The van der Waals surface area contributed by atoms with Crippen LogP contribution in [0.4, 0.5) is 0 Å². The molecule has 1 aliphatic carbocycles. The summed E-state index contributed by atoms with van der Waals surface area (Å²) < 4.78 is 13.1. The highest BCUT2D eigenvalue weighted by molar-refractivity contribution is 7.98. The molecule has 0 amide bonds. The number of hydrogen-bond acceptors (Lipinski definition) is 7. The third kappa shape index (κ3) is 4.02. The summed E-state index contributed by atoms with van der Waals surface area (Å²) in [7, 11) is 0. The molecule has 0 unspecified atom stereocenters. The Morgan fingerprint density at radius 1 is 1.09 bits per heavy atom. The van der Waals surface area contributed by atoms with Crippen LogP contribution in [0.3, 0.4) is 0 Å². The van der Waals surface area contributed by atoms with Crippen molar-refractivity contribution in [1.82, 2.24) is 19.7 Å². The first-order valence-corrected chi connectivity index (χ1v) is 11.9. The molecule has 2 aromatic heterocycles. The van der Waals surface area contributed by atoms with Crippen molar-refractivity contribution in [3.8, 4) is 17.1 Å². The largest absolute Gasteiger partial charge is 0.493 e. The first-order chi connectivity index (χ1) is 15.7. The maximum absolute atomic E-state index is 13.3.